The van der Waals surface area contributed by atoms with Crippen LogP contribution in [0.25, 0.3) is 0 Å². The van der Waals surface area contributed by atoms with Gasteiger partial charge in [-0.05, 0) is 18.6 Å². The summed E-state index contributed by atoms with van der Waals surface area (Å²) in [6.07, 6.45) is -1.40. The number of hydrogen-bond donors (Lipinski definition) is 2. The lowest BCUT2D eigenvalue weighted by Crippen LogP contribution is -2.40. The van der Waals surface area contributed by atoms with E-state index in [2.05, 4.69) is 15.4 Å². The van der Waals surface area contributed by atoms with Gasteiger partial charge in [0.05, 0.1) is 6.26 Å². The summed E-state index contributed by atoms with van der Waals surface area (Å²) in [7, 11) is 0. The maximum atomic E-state index is 12.9. The number of carbonyl (C=O) groups excluding carboxylic acids is 1. The number of alkyl halides is 3. The number of anilines is 1. The number of nitrogens with zero attached hydrogens (tertiary/aromatic N) is 3. The van der Waals surface area contributed by atoms with Crippen LogP contribution < -0.4 is 10.6 Å². The Morgan fingerprint density at radius 1 is 1.50 bits per heavy atom. The molecule has 0 saturated heterocycles. The van der Waals surface area contributed by atoms with Crippen molar-refractivity contribution in [3.8, 4) is 0 Å². The van der Waals surface area contributed by atoms with Crippen LogP contribution in [0.3, 0.4) is 0 Å². The van der Waals surface area contributed by atoms with Crippen LogP contribution in [0.5, 0.6) is 0 Å². The molecule has 2 amide bonds. The first kappa shape index (κ1) is 15.9. The Balaban J connectivity index is 2.02. The number of rotatable bonds is 5. The van der Waals surface area contributed by atoms with E-state index in [0.29, 0.717) is 6.54 Å². The van der Waals surface area contributed by atoms with E-state index in [0.717, 1.165) is 18.8 Å². The highest BCUT2D eigenvalue weighted by atomic mass is 19.4. The molecule has 22 heavy (non-hydrogen) atoms. The number of aryl methyl sites for hydroxylation is 1. The lowest BCUT2D eigenvalue weighted by molar-refractivity contribution is -0.158. The summed E-state index contributed by atoms with van der Waals surface area (Å²) < 4.78 is 45.0. The molecule has 10 heteroatoms. The van der Waals surface area contributed by atoms with Gasteiger partial charge in [-0.1, -0.05) is 6.92 Å². The van der Waals surface area contributed by atoms with Crippen molar-refractivity contribution >= 4 is 12.0 Å². The second kappa shape index (κ2) is 6.50. The van der Waals surface area contributed by atoms with Crippen LogP contribution in [0.1, 0.15) is 25.1 Å². The summed E-state index contributed by atoms with van der Waals surface area (Å²) in [5, 5.41) is 7.84. The topological polar surface area (TPSA) is 85.0 Å². The fourth-order valence-electron chi connectivity index (χ4n) is 1.73. The van der Waals surface area contributed by atoms with E-state index in [4.69, 9.17) is 4.42 Å². The third kappa shape index (κ3) is 3.99. The van der Waals surface area contributed by atoms with E-state index in [1.165, 1.54) is 17.1 Å². The molecule has 2 heterocycles. The van der Waals surface area contributed by atoms with Gasteiger partial charge in [0.15, 0.2) is 6.04 Å². The zero-order valence-corrected chi connectivity index (χ0v) is 11.6. The monoisotopic (exact) mass is 317 g/mol. The van der Waals surface area contributed by atoms with Crippen LogP contribution in [0, 0.1) is 0 Å². The summed E-state index contributed by atoms with van der Waals surface area (Å²) >= 11 is 0. The molecule has 2 aromatic heterocycles. The summed E-state index contributed by atoms with van der Waals surface area (Å²) in [6.45, 7) is 2.52. The third-order valence-corrected chi connectivity index (χ3v) is 2.64. The van der Waals surface area contributed by atoms with Crippen molar-refractivity contribution < 1.29 is 22.4 Å². The van der Waals surface area contributed by atoms with Crippen LogP contribution in [0.4, 0.5) is 23.9 Å². The van der Waals surface area contributed by atoms with E-state index in [1.807, 2.05) is 6.92 Å². The summed E-state index contributed by atoms with van der Waals surface area (Å²) in [4.78, 5) is 15.5. The second-order valence-corrected chi connectivity index (χ2v) is 4.42. The maximum Gasteiger partial charge on any atom is 0.416 e. The fraction of sp³-hybridized carbons (Fsp3) is 0.417. The van der Waals surface area contributed by atoms with Gasteiger partial charge in [-0.2, -0.15) is 13.2 Å². The minimum absolute atomic E-state index is 0.0775. The van der Waals surface area contributed by atoms with E-state index >= 15 is 0 Å². The van der Waals surface area contributed by atoms with Crippen molar-refractivity contribution in [2.75, 3.05) is 5.32 Å². The lowest BCUT2D eigenvalue weighted by Gasteiger charge is -2.19. The quantitative estimate of drug-likeness (QED) is 0.888. The summed E-state index contributed by atoms with van der Waals surface area (Å²) in [6, 6.07) is -0.887. The van der Waals surface area contributed by atoms with Gasteiger partial charge in [-0.25, -0.2) is 9.78 Å². The molecular weight excluding hydrogens is 303 g/mol. The van der Waals surface area contributed by atoms with Gasteiger partial charge < -0.3 is 9.73 Å². The average molecular weight is 317 g/mol. The molecule has 2 rings (SSSR count). The van der Waals surface area contributed by atoms with E-state index in [1.54, 1.807) is 5.32 Å². The smallest absolute Gasteiger partial charge is 0.416 e. The normalized spacial score (nSPS) is 12.9. The molecule has 0 bridgehead atoms. The zero-order valence-electron chi connectivity index (χ0n) is 11.6. The largest absolute Gasteiger partial charge is 0.467 e. The van der Waals surface area contributed by atoms with Gasteiger partial charge in [-0.15, -0.1) is 5.10 Å². The molecular formula is C12H14F3N5O2. The number of amides is 2. The van der Waals surface area contributed by atoms with Crippen LogP contribution in [0.15, 0.2) is 29.1 Å². The van der Waals surface area contributed by atoms with Gasteiger partial charge >= 0.3 is 12.2 Å². The highest BCUT2D eigenvalue weighted by molar-refractivity contribution is 5.87. The Labute approximate surface area is 123 Å². The first-order chi connectivity index (χ1) is 10.4. The Hall–Kier alpha value is -2.52. The summed E-state index contributed by atoms with van der Waals surface area (Å²) in [5.74, 6) is -0.488. The average Bonchev–Trinajstić information content (AvgIpc) is 3.07. The molecule has 2 N–H and O–H groups in total. The number of carbonyl (C=O) groups is 1. The molecule has 0 aliphatic carbocycles. The summed E-state index contributed by atoms with van der Waals surface area (Å²) in [5.41, 5.74) is 0. The Bertz CT molecular complexity index is 609. The first-order valence-corrected chi connectivity index (χ1v) is 6.47. The minimum atomic E-state index is -4.69. The van der Waals surface area contributed by atoms with Crippen LogP contribution >= 0.6 is 0 Å². The molecule has 0 saturated carbocycles. The molecule has 0 aliphatic rings. The van der Waals surface area contributed by atoms with Gasteiger partial charge in [0, 0.05) is 6.54 Å². The standard InChI is InChI=1S/C12H14F3N5O2/c1-2-5-20-7-16-10(19-20)18-11(21)17-9(12(13,14)15)8-4-3-6-22-8/h3-4,6-7,9H,2,5H2,1H3,(H2,17,18,19,21)/t9-/m1/s1. The first-order valence-electron chi connectivity index (χ1n) is 6.47. The highest BCUT2D eigenvalue weighted by Gasteiger charge is 2.43. The lowest BCUT2D eigenvalue weighted by atomic mass is 10.2. The number of aromatic nitrogens is 3. The number of urea groups is 1. The van der Waals surface area contributed by atoms with Gasteiger partial charge in [0.2, 0.25) is 5.95 Å². The zero-order chi connectivity index (χ0) is 16.2. The minimum Gasteiger partial charge on any atom is -0.467 e. The molecule has 0 spiro atoms. The maximum absolute atomic E-state index is 12.9. The highest BCUT2D eigenvalue weighted by Crippen LogP contribution is 2.32. The molecule has 1 atom stereocenters. The molecule has 0 radical (unpaired) electrons. The Morgan fingerprint density at radius 3 is 2.86 bits per heavy atom. The van der Waals surface area contributed by atoms with Crippen molar-refractivity contribution in [2.24, 2.45) is 0 Å². The van der Waals surface area contributed by atoms with Crippen molar-refractivity contribution in [1.82, 2.24) is 20.1 Å². The number of nitrogens with one attached hydrogen (secondary N) is 2. The van der Waals surface area contributed by atoms with Crippen LogP contribution in [0.2, 0.25) is 0 Å². The molecule has 0 aromatic carbocycles. The molecule has 7 nitrogen and oxygen atoms in total. The van der Waals surface area contributed by atoms with E-state index < -0.39 is 24.0 Å². The number of furan rings is 1. The molecule has 0 fully saturated rings. The van der Waals surface area contributed by atoms with Crippen LogP contribution in [-0.4, -0.2) is 27.0 Å². The van der Waals surface area contributed by atoms with Crippen molar-refractivity contribution in [2.45, 2.75) is 32.1 Å². The molecule has 0 unspecified atom stereocenters. The van der Waals surface area contributed by atoms with Gasteiger partial charge in [0.1, 0.15) is 12.1 Å². The van der Waals surface area contributed by atoms with Crippen molar-refractivity contribution in [3.05, 3.63) is 30.5 Å². The second-order valence-electron chi connectivity index (χ2n) is 4.42. The predicted molar refractivity (Wildman–Crippen MR) is 70.0 cm³/mol. The Morgan fingerprint density at radius 2 is 2.27 bits per heavy atom. The van der Waals surface area contributed by atoms with Gasteiger partial charge in [0.25, 0.3) is 0 Å². The predicted octanol–water partition coefficient (Wildman–Crippen LogP) is 2.71. The third-order valence-electron chi connectivity index (χ3n) is 2.64. The number of halogens is 3. The Kier molecular flexibility index (Phi) is 4.68. The number of hydrogen-bond acceptors (Lipinski definition) is 4. The van der Waals surface area contributed by atoms with E-state index in [-0.39, 0.29) is 5.95 Å². The fourth-order valence-corrected chi connectivity index (χ4v) is 1.73. The van der Waals surface area contributed by atoms with Gasteiger partial charge in [-0.3, -0.25) is 10.00 Å². The van der Waals surface area contributed by atoms with Crippen molar-refractivity contribution in [1.29, 1.82) is 0 Å². The van der Waals surface area contributed by atoms with Crippen LogP contribution in [-0.2, 0) is 6.54 Å². The molecule has 0 aliphatic heterocycles. The van der Waals surface area contributed by atoms with E-state index in [9.17, 15) is 18.0 Å². The SMILES string of the molecule is CCCn1cnc(NC(=O)N[C@H](c2ccco2)C(F)(F)F)n1. The molecule has 2 aromatic rings. The molecule has 120 valence electrons. The van der Waals surface area contributed by atoms with Crippen molar-refractivity contribution in [3.63, 3.8) is 0 Å².